The highest BCUT2D eigenvalue weighted by molar-refractivity contribution is 7.92. The lowest BCUT2D eigenvalue weighted by Gasteiger charge is -2.21. The molecule has 3 aromatic carbocycles. The molecule has 1 amide bonds. The summed E-state index contributed by atoms with van der Waals surface area (Å²) in [4.78, 5) is 12.2. The molecule has 0 atom stereocenters. The fraction of sp³-hybridized carbons (Fsp3) is 0.0909. The quantitative estimate of drug-likeness (QED) is 0.428. The van der Waals surface area contributed by atoms with Crippen molar-refractivity contribution < 1.29 is 22.3 Å². The summed E-state index contributed by atoms with van der Waals surface area (Å²) in [6.45, 7) is -0.494. The van der Waals surface area contributed by atoms with Crippen LogP contribution in [0.4, 0.5) is 10.1 Å². The van der Waals surface area contributed by atoms with Gasteiger partial charge in [0.25, 0.3) is 5.91 Å². The van der Waals surface area contributed by atoms with Crippen LogP contribution in [0.5, 0.6) is 11.5 Å². The molecule has 0 spiro atoms. The fourth-order valence-corrected chi connectivity index (χ4v) is 3.48. The normalized spacial score (nSPS) is 11.3. The zero-order valence-electron chi connectivity index (χ0n) is 16.6. The molecule has 0 aromatic heterocycles. The standard InChI is InChI=1S/C22H20FN3O4S/c1-31(28,29)26(16-22(27)25-24-15-17-7-5-6-10-21(17)23)18-11-13-20(14-12-18)30-19-8-3-2-4-9-19/h2-15H,16H2,1H3,(H,25,27)/b24-15-. The predicted molar refractivity (Wildman–Crippen MR) is 117 cm³/mol. The first-order valence-electron chi connectivity index (χ1n) is 9.20. The van der Waals surface area contributed by atoms with Gasteiger partial charge in [0.15, 0.2) is 0 Å². The molecule has 0 heterocycles. The van der Waals surface area contributed by atoms with Gasteiger partial charge in [0.1, 0.15) is 23.9 Å². The number of nitrogens with one attached hydrogen (secondary N) is 1. The van der Waals surface area contributed by atoms with E-state index in [1.54, 1.807) is 30.3 Å². The second-order valence-corrected chi connectivity index (χ2v) is 8.40. The van der Waals surface area contributed by atoms with Crippen LogP contribution in [-0.4, -0.2) is 33.3 Å². The minimum absolute atomic E-state index is 0.191. The Kier molecular flexibility index (Phi) is 6.99. The fourth-order valence-electron chi connectivity index (χ4n) is 2.62. The van der Waals surface area contributed by atoms with Gasteiger partial charge in [0.05, 0.1) is 18.2 Å². The summed E-state index contributed by atoms with van der Waals surface area (Å²) in [5, 5.41) is 3.69. The first-order valence-corrected chi connectivity index (χ1v) is 11.0. The number of hydrogen-bond donors (Lipinski definition) is 1. The maximum Gasteiger partial charge on any atom is 0.260 e. The predicted octanol–water partition coefficient (Wildman–Crippen LogP) is 3.53. The van der Waals surface area contributed by atoms with Crippen molar-refractivity contribution in [3.63, 3.8) is 0 Å². The third-order valence-corrected chi connectivity index (χ3v) is 5.23. The van der Waals surface area contributed by atoms with Crippen molar-refractivity contribution in [2.75, 3.05) is 17.1 Å². The zero-order valence-corrected chi connectivity index (χ0v) is 17.4. The molecule has 0 radical (unpaired) electrons. The number of halogens is 1. The number of hydrogen-bond acceptors (Lipinski definition) is 5. The van der Waals surface area contributed by atoms with E-state index < -0.39 is 28.3 Å². The Morgan fingerprint density at radius 3 is 2.26 bits per heavy atom. The van der Waals surface area contributed by atoms with Crippen molar-refractivity contribution in [3.05, 3.63) is 90.2 Å². The smallest absolute Gasteiger partial charge is 0.260 e. The largest absolute Gasteiger partial charge is 0.457 e. The van der Waals surface area contributed by atoms with E-state index in [0.29, 0.717) is 11.5 Å². The van der Waals surface area contributed by atoms with E-state index in [0.717, 1.165) is 16.8 Å². The minimum Gasteiger partial charge on any atom is -0.457 e. The van der Waals surface area contributed by atoms with E-state index in [-0.39, 0.29) is 11.3 Å². The number of hydrazone groups is 1. The van der Waals surface area contributed by atoms with Gasteiger partial charge in [0, 0.05) is 5.56 Å². The highest BCUT2D eigenvalue weighted by Gasteiger charge is 2.20. The molecule has 3 rings (SSSR count). The Labute approximate surface area is 179 Å². The lowest BCUT2D eigenvalue weighted by atomic mass is 10.2. The molecule has 9 heteroatoms. The van der Waals surface area contributed by atoms with Crippen molar-refractivity contribution in [2.45, 2.75) is 0 Å². The first-order chi connectivity index (χ1) is 14.8. The Morgan fingerprint density at radius 2 is 1.61 bits per heavy atom. The molecule has 0 unspecified atom stereocenters. The molecule has 31 heavy (non-hydrogen) atoms. The molecular weight excluding hydrogens is 421 g/mol. The van der Waals surface area contributed by atoms with Gasteiger partial charge in [-0.05, 0) is 42.5 Å². The maximum atomic E-state index is 13.6. The van der Waals surface area contributed by atoms with E-state index >= 15 is 0 Å². The van der Waals surface area contributed by atoms with E-state index in [2.05, 4.69) is 10.5 Å². The summed E-state index contributed by atoms with van der Waals surface area (Å²) in [5.41, 5.74) is 2.69. The van der Waals surface area contributed by atoms with Gasteiger partial charge in [0.2, 0.25) is 10.0 Å². The van der Waals surface area contributed by atoms with Gasteiger partial charge >= 0.3 is 0 Å². The third-order valence-electron chi connectivity index (χ3n) is 4.09. The maximum absolute atomic E-state index is 13.6. The van der Waals surface area contributed by atoms with Gasteiger partial charge in [-0.25, -0.2) is 18.2 Å². The molecule has 0 aliphatic rings. The van der Waals surface area contributed by atoms with Crippen LogP contribution in [0.3, 0.4) is 0 Å². The number of carbonyl (C=O) groups is 1. The van der Waals surface area contributed by atoms with E-state index in [1.165, 1.54) is 30.3 Å². The number of amides is 1. The molecule has 0 bridgehead atoms. The molecule has 7 nitrogen and oxygen atoms in total. The van der Waals surface area contributed by atoms with Gasteiger partial charge in [-0.15, -0.1) is 0 Å². The van der Waals surface area contributed by atoms with Gasteiger partial charge in [-0.1, -0.05) is 36.4 Å². The monoisotopic (exact) mass is 441 g/mol. The Hall–Kier alpha value is -3.72. The van der Waals surface area contributed by atoms with Crippen molar-refractivity contribution in [1.82, 2.24) is 5.43 Å². The summed E-state index contributed by atoms with van der Waals surface area (Å²) >= 11 is 0. The van der Waals surface area contributed by atoms with Crippen molar-refractivity contribution in [3.8, 4) is 11.5 Å². The number of benzene rings is 3. The van der Waals surface area contributed by atoms with Crippen LogP contribution in [0, 0.1) is 5.82 Å². The SMILES string of the molecule is CS(=O)(=O)N(CC(=O)N/N=C\c1ccccc1F)c1ccc(Oc2ccccc2)cc1. The number of para-hydroxylation sites is 1. The molecule has 0 fully saturated rings. The Balaban J connectivity index is 1.67. The summed E-state index contributed by atoms with van der Waals surface area (Å²) in [6.07, 6.45) is 2.14. The van der Waals surface area contributed by atoms with Crippen LogP contribution < -0.4 is 14.5 Å². The first kappa shape index (κ1) is 22.0. The van der Waals surface area contributed by atoms with E-state index in [1.807, 2.05) is 18.2 Å². The average Bonchev–Trinajstić information content (AvgIpc) is 2.74. The van der Waals surface area contributed by atoms with Crippen molar-refractivity contribution in [2.24, 2.45) is 5.10 Å². The average molecular weight is 441 g/mol. The second kappa shape index (κ2) is 9.86. The van der Waals surface area contributed by atoms with Gasteiger partial charge < -0.3 is 4.74 Å². The number of nitrogens with zero attached hydrogens (tertiary/aromatic N) is 2. The molecule has 160 valence electrons. The summed E-state index contributed by atoms with van der Waals surface area (Å²) in [6, 6.07) is 21.3. The van der Waals surface area contributed by atoms with Crippen LogP contribution in [0.15, 0.2) is 84.0 Å². The Morgan fingerprint density at radius 1 is 1.00 bits per heavy atom. The van der Waals surface area contributed by atoms with Crippen LogP contribution in [0.25, 0.3) is 0 Å². The zero-order chi connectivity index (χ0) is 22.3. The molecule has 1 N–H and O–H groups in total. The van der Waals surface area contributed by atoms with Crippen molar-refractivity contribution >= 4 is 27.8 Å². The lowest BCUT2D eigenvalue weighted by Crippen LogP contribution is -2.39. The molecule has 3 aromatic rings. The van der Waals surface area contributed by atoms with Crippen molar-refractivity contribution in [1.29, 1.82) is 0 Å². The van der Waals surface area contributed by atoms with Crippen LogP contribution in [-0.2, 0) is 14.8 Å². The van der Waals surface area contributed by atoms with Crippen LogP contribution in [0.2, 0.25) is 0 Å². The number of ether oxygens (including phenoxy) is 1. The van der Waals surface area contributed by atoms with E-state index in [4.69, 9.17) is 4.74 Å². The molecular formula is C22H20FN3O4S. The van der Waals surface area contributed by atoms with Gasteiger partial charge in [-0.2, -0.15) is 5.10 Å². The summed E-state index contributed by atoms with van der Waals surface area (Å²) in [7, 11) is -3.75. The number of carbonyl (C=O) groups excluding carboxylic acids is 1. The molecule has 0 saturated heterocycles. The van der Waals surface area contributed by atoms with Crippen LogP contribution >= 0.6 is 0 Å². The third kappa shape index (κ3) is 6.38. The van der Waals surface area contributed by atoms with Gasteiger partial charge in [-0.3, -0.25) is 9.10 Å². The second-order valence-electron chi connectivity index (χ2n) is 6.49. The molecule has 0 saturated carbocycles. The topological polar surface area (TPSA) is 88.1 Å². The highest BCUT2D eigenvalue weighted by atomic mass is 32.2. The Bertz CT molecular complexity index is 1170. The number of rotatable bonds is 8. The summed E-state index contributed by atoms with van der Waals surface area (Å²) < 4.78 is 44.6. The van der Waals surface area contributed by atoms with Crippen LogP contribution in [0.1, 0.15) is 5.56 Å². The molecule has 0 aliphatic carbocycles. The lowest BCUT2D eigenvalue weighted by molar-refractivity contribution is -0.119. The highest BCUT2D eigenvalue weighted by Crippen LogP contribution is 2.25. The van der Waals surface area contributed by atoms with E-state index in [9.17, 15) is 17.6 Å². The summed E-state index contributed by atoms with van der Waals surface area (Å²) in [5.74, 6) is -0.0108. The minimum atomic E-state index is -3.75. The number of sulfonamides is 1. The number of anilines is 1. The molecule has 0 aliphatic heterocycles.